The molecule has 1 aromatic heterocycles. The summed E-state index contributed by atoms with van der Waals surface area (Å²) in [5, 5.41) is 0.352. The molecule has 0 aliphatic rings. The van der Waals surface area contributed by atoms with Gasteiger partial charge in [0.25, 0.3) is 5.56 Å². The Morgan fingerprint density at radius 1 is 1.39 bits per heavy atom. The van der Waals surface area contributed by atoms with Crippen molar-refractivity contribution in [3.05, 3.63) is 66.1 Å². The molecule has 0 amide bonds. The molecule has 0 atom stereocenters. The molecule has 0 fully saturated rings. The van der Waals surface area contributed by atoms with Crippen LogP contribution in [0.3, 0.4) is 0 Å². The Hall–Kier alpha value is -1.40. The average Bonchev–Trinajstić information content (AvgIpc) is 2.30. The van der Waals surface area contributed by atoms with Gasteiger partial charge in [0, 0.05) is 11.2 Å². The average molecular weight is 334 g/mol. The minimum absolute atomic E-state index is 0.0742. The summed E-state index contributed by atoms with van der Waals surface area (Å²) in [6, 6.07) is 3.89. The highest BCUT2D eigenvalue weighted by Crippen LogP contribution is 2.17. The van der Waals surface area contributed by atoms with Crippen LogP contribution in [0.4, 0.5) is 4.39 Å². The molecule has 0 unspecified atom stereocenters. The zero-order valence-corrected chi connectivity index (χ0v) is 11.3. The van der Waals surface area contributed by atoms with Crippen LogP contribution in [0.15, 0.2) is 38.5 Å². The summed E-state index contributed by atoms with van der Waals surface area (Å²) in [5.41, 5.74) is -0.636. The van der Waals surface area contributed by atoms with E-state index in [4.69, 9.17) is 11.6 Å². The van der Waals surface area contributed by atoms with Gasteiger partial charge in [-0.05, 0) is 39.7 Å². The van der Waals surface area contributed by atoms with Crippen molar-refractivity contribution < 1.29 is 4.39 Å². The summed E-state index contributed by atoms with van der Waals surface area (Å²) in [4.78, 5) is 24.8. The third kappa shape index (κ3) is 2.70. The van der Waals surface area contributed by atoms with Gasteiger partial charge < -0.3 is 0 Å². The fourth-order valence-corrected chi connectivity index (χ4v) is 1.97. The smallest absolute Gasteiger partial charge is 0.295 e. The van der Waals surface area contributed by atoms with Crippen LogP contribution in [0.5, 0.6) is 0 Å². The molecule has 1 heterocycles. The third-order valence-electron chi connectivity index (χ3n) is 2.32. The van der Waals surface area contributed by atoms with Gasteiger partial charge in [-0.3, -0.25) is 14.3 Å². The minimum atomic E-state index is -0.580. The van der Waals surface area contributed by atoms with Gasteiger partial charge in [0.1, 0.15) is 5.82 Å². The SMILES string of the molecule is O=c1[nH]c(=O)n(Cc2cc(F)ccc2Cl)cc1Br. The topological polar surface area (TPSA) is 54.9 Å². The van der Waals surface area contributed by atoms with E-state index >= 15 is 0 Å². The first kappa shape index (κ1) is 13.0. The molecule has 0 saturated heterocycles. The predicted molar refractivity (Wildman–Crippen MR) is 69.5 cm³/mol. The Kier molecular flexibility index (Phi) is 3.68. The molecule has 0 aliphatic heterocycles. The molecular formula is C11H7BrClFN2O2. The first-order chi connectivity index (χ1) is 8.47. The zero-order valence-electron chi connectivity index (χ0n) is 8.91. The standard InChI is InChI=1S/C11H7BrClFN2O2/c12-8-5-16(11(18)15-10(8)17)4-6-3-7(14)1-2-9(6)13/h1-3,5H,4H2,(H,15,17,18). The summed E-state index contributed by atoms with van der Waals surface area (Å²) < 4.78 is 14.5. The van der Waals surface area contributed by atoms with E-state index in [1.807, 2.05) is 0 Å². The first-order valence-electron chi connectivity index (χ1n) is 4.90. The van der Waals surface area contributed by atoms with E-state index in [0.717, 1.165) is 0 Å². The summed E-state index contributed by atoms with van der Waals surface area (Å²) in [5.74, 6) is -0.439. The quantitative estimate of drug-likeness (QED) is 0.915. The van der Waals surface area contributed by atoms with Gasteiger partial charge in [0.05, 0.1) is 11.0 Å². The molecule has 0 saturated carbocycles. The lowest BCUT2D eigenvalue weighted by atomic mass is 10.2. The largest absolute Gasteiger partial charge is 0.328 e. The van der Waals surface area contributed by atoms with E-state index in [-0.39, 0.29) is 11.0 Å². The fourth-order valence-electron chi connectivity index (χ4n) is 1.45. The number of halogens is 3. The number of aromatic amines is 1. The Morgan fingerprint density at radius 3 is 2.83 bits per heavy atom. The van der Waals surface area contributed by atoms with Crippen LogP contribution >= 0.6 is 27.5 Å². The van der Waals surface area contributed by atoms with Gasteiger partial charge in [0.15, 0.2) is 0 Å². The van der Waals surface area contributed by atoms with Crippen molar-refractivity contribution in [3.63, 3.8) is 0 Å². The summed E-state index contributed by atoms with van der Waals surface area (Å²) in [6.45, 7) is 0.0742. The maximum Gasteiger partial charge on any atom is 0.328 e. The fraction of sp³-hybridized carbons (Fsp3) is 0.0909. The van der Waals surface area contributed by atoms with Gasteiger partial charge in [-0.2, -0.15) is 0 Å². The van der Waals surface area contributed by atoms with Crippen LogP contribution in [-0.4, -0.2) is 9.55 Å². The van der Waals surface area contributed by atoms with Crippen molar-refractivity contribution in [3.8, 4) is 0 Å². The van der Waals surface area contributed by atoms with Crippen LogP contribution in [0.25, 0.3) is 0 Å². The lowest BCUT2D eigenvalue weighted by Crippen LogP contribution is -2.30. The maximum atomic E-state index is 13.1. The second-order valence-corrected chi connectivity index (χ2v) is 4.86. The van der Waals surface area contributed by atoms with Crippen molar-refractivity contribution >= 4 is 27.5 Å². The predicted octanol–water partition coefficient (Wildman–Crippen LogP) is 2.14. The van der Waals surface area contributed by atoms with E-state index in [1.54, 1.807) is 0 Å². The van der Waals surface area contributed by atoms with Crippen LogP contribution < -0.4 is 11.2 Å². The van der Waals surface area contributed by atoms with Gasteiger partial charge in [-0.15, -0.1) is 0 Å². The molecule has 4 nitrogen and oxygen atoms in total. The molecule has 18 heavy (non-hydrogen) atoms. The molecule has 2 aromatic rings. The second-order valence-electron chi connectivity index (χ2n) is 3.60. The number of hydrogen-bond acceptors (Lipinski definition) is 2. The molecule has 2 rings (SSSR count). The molecule has 1 aromatic carbocycles. The third-order valence-corrected chi connectivity index (χ3v) is 3.25. The Labute approximate surface area is 114 Å². The first-order valence-corrected chi connectivity index (χ1v) is 6.07. The molecule has 0 aliphatic carbocycles. The zero-order chi connectivity index (χ0) is 13.3. The molecule has 0 radical (unpaired) electrons. The maximum absolute atomic E-state index is 13.1. The van der Waals surface area contributed by atoms with Gasteiger partial charge in [-0.25, -0.2) is 9.18 Å². The number of nitrogens with zero attached hydrogens (tertiary/aromatic N) is 1. The van der Waals surface area contributed by atoms with Crippen molar-refractivity contribution in [2.45, 2.75) is 6.54 Å². The Balaban J connectivity index is 2.46. The van der Waals surface area contributed by atoms with Crippen LogP contribution in [0.2, 0.25) is 5.02 Å². The number of rotatable bonds is 2. The molecular weight excluding hydrogens is 326 g/mol. The molecule has 94 valence electrons. The summed E-state index contributed by atoms with van der Waals surface area (Å²) in [6.07, 6.45) is 1.34. The summed E-state index contributed by atoms with van der Waals surface area (Å²) in [7, 11) is 0. The van der Waals surface area contributed by atoms with Crippen LogP contribution in [0.1, 0.15) is 5.56 Å². The number of aromatic nitrogens is 2. The van der Waals surface area contributed by atoms with Crippen molar-refractivity contribution in [1.29, 1.82) is 0 Å². The Morgan fingerprint density at radius 2 is 2.11 bits per heavy atom. The number of nitrogens with one attached hydrogen (secondary N) is 1. The second kappa shape index (κ2) is 5.07. The number of hydrogen-bond donors (Lipinski definition) is 1. The van der Waals surface area contributed by atoms with E-state index in [1.165, 1.54) is 29.0 Å². The molecule has 1 N–H and O–H groups in total. The Bertz CT molecular complexity index is 711. The van der Waals surface area contributed by atoms with Crippen LogP contribution in [-0.2, 0) is 6.54 Å². The van der Waals surface area contributed by atoms with Crippen molar-refractivity contribution in [2.75, 3.05) is 0 Å². The van der Waals surface area contributed by atoms with Crippen molar-refractivity contribution in [1.82, 2.24) is 9.55 Å². The van der Waals surface area contributed by atoms with Gasteiger partial charge in [-0.1, -0.05) is 11.6 Å². The number of H-pyrrole nitrogens is 1. The highest BCUT2D eigenvalue weighted by atomic mass is 79.9. The lowest BCUT2D eigenvalue weighted by molar-refractivity contribution is 0.621. The van der Waals surface area contributed by atoms with E-state index < -0.39 is 17.1 Å². The van der Waals surface area contributed by atoms with E-state index in [2.05, 4.69) is 20.9 Å². The monoisotopic (exact) mass is 332 g/mol. The highest BCUT2D eigenvalue weighted by molar-refractivity contribution is 9.10. The molecule has 7 heteroatoms. The van der Waals surface area contributed by atoms with Gasteiger partial charge in [0.2, 0.25) is 0 Å². The summed E-state index contributed by atoms with van der Waals surface area (Å²) >= 11 is 8.92. The van der Waals surface area contributed by atoms with Crippen molar-refractivity contribution in [2.24, 2.45) is 0 Å². The van der Waals surface area contributed by atoms with Crippen LogP contribution in [0, 0.1) is 5.82 Å². The molecule has 0 bridgehead atoms. The number of benzene rings is 1. The highest BCUT2D eigenvalue weighted by Gasteiger charge is 2.06. The minimum Gasteiger partial charge on any atom is -0.295 e. The lowest BCUT2D eigenvalue weighted by Gasteiger charge is -2.07. The van der Waals surface area contributed by atoms with Gasteiger partial charge >= 0.3 is 5.69 Å². The molecule has 0 spiro atoms. The normalized spacial score (nSPS) is 10.6. The van der Waals surface area contributed by atoms with E-state index in [9.17, 15) is 14.0 Å². The van der Waals surface area contributed by atoms with E-state index in [0.29, 0.717) is 10.6 Å².